The molecule has 3 heterocycles. The summed E-state index contributed by atoms with van der Waals surface area (Å²) in [5.74, 6) is 0.0336. The maximum absolute atomic E-state index is 13.1. The van der Waals surface area contributed by atoms with Crippen LogP contribution in [0.1, 0.15) is 35.6 Å². The number of rotatable bonds is 4. The first-order valence-corrected chi connectivity index (χ1v) is 10.1. The average molecular weight is 426 g/mol. The first-order valence-electron chi connectivity index (χ1n) is 10.1. The van der Waals surface area contributed by atoms with Crippen LogP contribution in [-0.4, -0.2) is 38.8 Å². The molecule has 1 aliphatic rings. The van der Waals surface area contributed by atoms with E-state index in [-0.39, 0.29) is 11.8 Å². The van der Waals surface area contributed by atoms with Crippen LogP contribution in [0.4, 0.5) is 13.2 Å². The first-order chi connectivity index (χ1) is 14.9. The Morgan fingerprint density at radius 3 is 2.68 bits per heavy atom. The van der Waals surface area contributed by atoms with E-state index in [9.17, 15) is 18.0 Å². The number of hydrogen-bond acceptors (Lipinski definition) is 4. The van der Waals surface area contributed by atoms with E-state index >= 15 is 0 Å². The van der Waals surface area contributed by atoms with E-state index in [0.717, 1.165) is 30.5 Å². The number of aromatic nitrogens is 3. The summed E-state index contributed by atoms with van der Waals surface area (Å²) in [5.41, 5.74) is 1.64. The Morgan fingerprint density at radius 1 is 1.10 bits per heavy atom. The lowest BCUT2D eigenvalue weighted by Gasteiger charge is -2.32. The topological polar surface area (TPSA) is 59.0 Å². The fourth-order valence-corrected chi connectivity index (χ4v) is 3.80. The van der Waals surface area contributed by atoms with Crippen molar-refractivity contribution in [1.82, 2.24) is 19.9 Å². The summed E-state index contributed by atoms with van der Waals surface area (Å²) in [4.78, 5) is 27.3. The SMILES string of the molecule is O=C(Cc1ccncc1)N1CCC[C@@H](c2cncc(-c3cccc(C(F)(F)F)c3)n2)C1. The van der Waals surface area contributed by atoms with Gasteiger partial charge in [0.1, 0.15) is 0 Å². The van der Waals surface area contributed by atoms with Gasteiger partial charge in [-0.3, -0.25) is 14.8 Å². The largest absolute Gasteiger partial charge is 0.416 e. The number of nitrogens with zero attached hydrogens (tertiary/aromatic N) is 4. The van der Waals surface area contributed by atoms with Crippen LogP contribution in [0.5, 0.6) is 0 Å². The summed E-state index contributed by atoms with van der Waals surface area (Å²) in [5, 5.41) is 0. The zero-order valence-electron chi connectivity index (χ0n) is 16.7. The van der Waals surface area contributed by atoms with Gasteiger partial charge in [-0.1, -0.05) is 12.1 Å². The van der Waals surface area contributed by atoms with Crippen LogP contribution in [-0.2, 0) is 17.4 Å². The minimum Gasteiger partial charge on any atom is -0.342 e. The maximum Gasteiger partial charge on any atom is 0.416 e. The molecule has 1 aromatic carbocycles. The van der Waals surface area contributed by atoms with Gasteiger partial charge in [0, 0.05) is 43.2 Å². The zero-order chi connectivity index (χ0) is 21.8. The predicted octanol–water partition coefficient (Wildman–Crippen LogP) is 4.51. The van der Waals surface area contributed by atoms with Crippen LogP contribution >= 0.6 is 0 Å². The van der Waals surface area contributed by atoms with E-state index in [1.807, 2.05) is 17.0 Å². The second-order valence-corrected chi connectivity index (χ2v) is 7.62. The molecule has 0 radical (unpaired) electrons. The van der Waals surface area contributed by atoms with Gasteiger partial charge < -0.3 is 4.90 Å². The average Bonchev–Trinajstić information content (AvgIpc) is 2.79. The van der Waals surface area contributed by atoms with Gasteiger partial charge >= 0.3 is 6.18 Å². The fraction of sp³-hybridized carbons (Fsp3) is 0.304. The number of alkyl halides is 3. The molecule has 0 bridgehead atoms. The van der Waals surface area contributed by atoms with E-state index < -0.39 is 11.7 Å². The summed E-state index contributed by atoms with van der Waals surface area (Å²) < 4.78 is 39.2. The molecule has 31 heavy (non-hydrogen) atoms. The number of carbonyl (C=O) groups excluding carboxylic acids is 1. The van der Waals surface area contributed by atoms with Gasteiger partial charge in [-0.25, -0.2) is 4.98 Å². The zero-order valence-corrected chi connectivity index (χ0v) is 16.7. The van der Waals surface area contributed by atoms with Crippen molar-refractivity contribution in [3.63, 3.8) is 0 Å². The molecule has 0 saturated carbocycles. The van der Waals surface area contributed by atoms with E-state index in [0.29, 0.717) is 36.5 Å². The number of amides is 1. The Bertz CT molecular complexity index is 1060. The first kappa shape index (κ1) is 21.0. The molecule has 1 amide bonds. The third-order valence-electron chi connectivity index (χ3n) is 5.44. The molecule has 1 atom stereocenters. The number of carbonyl (C=O) groups is 1. The Hall–Kier alpha value is -3.29. The van der Waals surface area contributed by atoms with Crippen LogP contribution in [0, 0.1) is 0 Å². The molecular weight excluding hydrogens is 405 g/mol. The van der Waals surface area contributed by atoms with Gasteiger partial charge in [-0.05, 0) is 42.7 Å². The Kier molecular flexibility index (Phi) is 5.97. The lowest BCUT2D eigenvalue weighted by molar-refractivity contribution is -0.137. The maximum atomic E-state index is 13.1. The van der Waals surface area contributed by atoms with Crippen molar-refractivity contribution in [2.24, 2.45) is 0 Å². The quantitative estimate of drug-likeness (QED) is 0.616. The van der Waals surface area contributed by atoms with Crippen molar-refractivity contribution in [2.45, 2.75) is 31.4 Å². The summed E-state index contributed by atoms with van der Waals surface area (Å²) in [6.45, 7) is 1.20. The van der Waals surface area contributed by atoms with E-state index in [1.54, 1.807) is 24.7 Å². The van der Waals surface area contributed by atoms with E-state index in [1.165, 1.54) is 12.3 Å². The lowest BCUT2D eigenvalue weighted by atomic mass is 9.94. The molecule has 1 fully saturated rings. The highest BCUT2D eigenvalue weighted by molar-refractivity contribution is 5.78. The van der Waals surface area contributed by atoms with Crippen LogP contribution in [0.15, 0.2) is 61.2 Å². The number of piperidine rings is 1. The molecule has 0 unspecified atom stereocenters. The Morgan fingerprint density at radius 2 is 1.90 bits per heavy atom. The van der Waals surface area contributed by atoms with E-state index in [2.05, 4.69) is 15.0 Å². The Labute approximate surface area is 178 Å². The van der Waals surface area contributed by atoms with Crippen molar-refractivity contribution in [2.75, 3.05) is 13.1 Å². The van der Waals surface area contributed by atoms with Gasteiger partial charge in [0.15, 0.2) is 0 Å². The monoisotopic (exact) mass is 426 g/mol. The molecule has 5 nitrogen and oxygen atoms in total. The molecule has 1 saturated heterocycles. The molecule has 4 rings (SSSR count). The van der Waals surface area contributed by atoms with Crippen molar-refractivity contribution in [3.05, 3.63) is 78.0 Å². The number of halogens is 3. The van der Waals surface area contributed by atoms with Gasteiger partial charge in [0.25, 0.3) is 0 Å². The molecule has 160 valence electrons. The van der Waals surface area contributed by atoms with Crippen LogP contribution < -0.4 is 0 Å². The number of pyridine rings is 1. The second-order valence-electron chi connectivity index (χ2n) is 7.62. The predicted molar refractivity (Wildman–Crippen MR) is 109 cm³/mol. The Balaban J connectivity index is 1.50. The number of benzene rings is 1. The molecule has 1 aliphatic heterocycles. The van der Waals surface area contributed by atoms with Crippen molar-refractivity contribution < 1.29 is 18.0 Å². The second kappa shape index (κ2) is 8.83. The van der Waals surface area contributed by atoms with Crippen molar-refractivity contribution in [1.29, 1.82) is 0 Å². The normalized spacial score (nSPS) is 16.9. The highest BCUT2D eigenvalue weighted by Gasteiger charge is 2.31. The highest BCUT2D eigenvalue weighted by atomic mass is 19.4. The molecular formula is C23H21F3N4O. The molecule has 8 heteroatoms. The summed E-state index contributed by atoms with van der Waals surface area (Å²) in [6, 6.07) is 8.72. The molecule has 0 aliphatic carbocycles. The summed E-state index contributed by atoms with van der Waals surface area (Å²) in [7, 11) is 0. The van der Waals surface area contributed by atoms with Crippen LogP contribution in [0.3, 0.4) is 0 Å². The van der Waals surface area contributed by atoms with Gasteiger partial charge in [0.2, 0.25) is 5.91 Å². The minimum absolute atomic E-state index is 0.00612. The smallest absolute Gasteiger partial charge is 0.342 e. The fourth-order valence-electron chi connectivity index (χ4n) is 3.80. The summed E-state index contributed by atoms with van der Waals surface area (Å²) >= 11 is 0. The molecule has 3 aromatic rings. The molecule has 2 aromatic heterocycles. The van der Waals surface area contributed by atoms with Crippen molar-refractivity contribution in [3.8, 4) is 11.3 Å². The molecule has 0 N–H and O–H groups in total. The highest BCUT2D eigenvalue weighted by Crippen LogP contribution is 2.32. The third-order valence-corrected chi connectivity index (χ3v) is 5.44. The van der Waals surface area contributed by atoms with Crippen LogP contribution in [0.25, 0.3) is 11.3 Å². The lowest BCUT2D eigenvalue weighted by Crippen LogP contribution is -2.40. The van der Waals surface area contributed by atoms with Crippen LogP contribution in [0.2, 0.25) is 0 Å². The third kappa shape index (κ3) is 5.07. The number of likely N-dealkylation sites (tertiary alicyclic amines) is 1. The molecule has 0 spiro atoms. The van der Waals surface area contributed by atoms with E-state index in [4.69, 9.17) is 0 Å². The van der Waals surface area contributed by atoms with Gasteiger partial charge in [-0.15, -0.1) is 0 Å². The standard InChI is InChI=1S/C23H21F3N4O/c24-23(25,26)19-5-1-3-17(12-19)20-13-28-14-21(29-20)18-4-2-10-30(15-18)22(31)11-16-6-8-27-9-7-16/h1,3,5-9,12-14,18H,2,4,10-11,15H2/t18-/m1/s1. The van der Waals surface area contributed by atoms with Gasteiger partial charge in [0.05, 0.1) is 29.6 Å². The van der Waals surface area contributed by atoms with Gasteiger partial charge in [-0.2, -0.15) is 13.2 Å². The van der Waals surface area contributed by atoms with Crippen molar-refractivity contribution >= 4 is 5.91 Å². The summed E-state index contributed by atoms with van der Waals surface area (Å²) in [6.07, 6.45) is 4.01. The number of hydrogen-bond donors (Lipinski definition) is 0. The minimum atomic E-state index is -4.42.